The van der Waals surface area contributed by atoms with Gasteiger partial charge >= 0.3 is 0 Å². The average Bonchev–Trinajstić information content (AvgIpc) is 2.29. The molecule has 1 aliphatic heterocycles. The zero-order valence-electron chi connectivity index (χ0n) is 9.34. The number of hydrogen-bond donors (Lipinski definition) is 2. The van der Waals surface area contributed by atoms with Gasteiger partial charge in [-0.25, -0.2) is 8.78 Å². The fourth-order valence-corrected chi connectivity index (χ4v) is 2.45. The van der Waals surface area contributed by atoms with Crippen LogP contribution in [0.2, 0.25) is 0 Å². The number of rotatable bonds is 1. The molecule has 18 heavy (non-hydrogen) atoms. The Balaban J connectivity index is 2.52. The van der Waals surface area contributed by atoms with E-state index in [1.165, 1.54) is 13.0 Å². The molecule has 2 atom stereocenters. The Morgan fingerprint density at radius 2 is 2.17 bits per heavy atom. The monoisotopic (exact) mass is 337 g/mol. The number of aliphatic hydroxyl groups excluding tert-OH is 1. The minimum Gasteiger partial charge on any atom is -0.366 e. The number of halogens is 3. The standard InChI is InChI=1S/C11H10BrF2NO2S/c1-11(10(16)17-4-9(18)15-11)5-2-6(12)8(14)3-7(5)13/h2-3,10,16H,4H2,1H3,(H,15,18). The van der Waals surface area contributed by atoms with Gasteiger partial charge in [-0.1, -0.05) is 12.2 Å². The topological polar surface area (TPSA) is 41.5 Å². The quantitative estimate of drug-likeness (QED) is 0.609. The van der Waals surface area contributed by atoms with Crippen molar-refractivity contribution in [2.75, 3.05) is 6.61 Å². The largest absolute Gasteiger partial charge is 0.366 e. The van der Waals surface area contributed by atoms with Gasteiger partial charge in [0.1, 0.15) is 28.8 Å². The summed E-state index contributed by atoms with van der Waals surface area (Å²) in [6, 6.07) is 2.01. The maximum absolute atomic E-state index is 13.8. The van der Waals surface area contributed by atoms with Gasteiger partial charge in [0.05, 0.1) is 4.47 Å². The highest BCUT2D eigenvalue weighted by Gasteiger charge is 2.42. The number of nitrogens with one attached hydrogen (secondary N) is 1. The Morgan fingerprint density at radius 3 is 2.83 bits per heavy atom. The van der Waals surface area contributed by atoms with Gasteiger partial charge in [-0.05, 0) is 28.9 Å². The first-order chi connectivity index (χ1) is 8.34. The van der Waals surface area contributed by atoms with Gasteiger partial charge in [-0.3, -0.25) is 0 Å². The van der Waals surface area contributed by atoms with Gasteiger partial charge < -0.3 is 15.2 Å². The maximum atomic E-state index is 13.8. The van der Waals surface area contributed by atoms with E-state index in [1.807, 2.05) is 0 Å². The SMILES string of the molecule is CC1(c2cc(Br)c(F)cc2F)NC(=S)COC1O. The molecule has 3 nitrogen and oxygen atoms in total. The second-order valence-electron chi connectivity index (χ2n) is 4.16. The summed E-state index contributed by atoms with van der Waals surface area (Å²) in [4.78, 5) is 0.350. The van der Waals surface area contributed by atoms with Crippen molar-refractivity contribution in [1.82, 2.24) is 5.32 Å². The van der Waals surface area contributed by atoms with Crippen molar-refractivity contribution in [1.29, 1.82) is 0 Å². The van der Waals surface area contributed by atoms with Gasteiger partial charge in [0.25, 0.3) is 0 Å². The lowest BCUT2D eigenvalue weighted by Crippen LogP contribution is -2.58. The summed E-state index contributed by atoms with van der Waals surface area (Å²) in [5, 5.41) is 12.7. The molecule has 0 spiro atoms. The number of aliphatic hydroxyl groups is 1. The summed E-state index contributed by atoms with van der Waals surface area (Å²) in [5.74, 6) is -1.49. The molecule has 2 unspecified atom stereocenters. The lowest BCUT2D eigenvalue weighted by molar-refractivity contribution is -0.149. The second kappa shape index (κ2) is 4.80. The first-order valence-electron chi connectivity index (χ1n) is 5.10. The van der Waals surface area contributed by atoms with E-state index in [0.29, 0.717) is 4.99 Å². The molecule has 7 heteroatoms. The first kappa shape index (κ1) is 13.8. The Morgan fingerprint density at radius 1 is 1.50 bits per heavy atom. The predicted molar refractivity (Wildman–Crippen MR) is 69.1 cm³/mol. The number of morpholine rings is 1. The lowest BCUT2D eigenvalue weighted by Gasteiger charge is -2.40. The number of thiocarbonyl (C=S) groups is 1. The summed E-state index contributed by atoms with van der Waals surface area (Å²) in [6.07, 6.45) is -1.28. The van der Waals surface area contributed by atoms with Crippen molar-refractivity contribution < 1.29 is 18.6 Å². The van der Waals surface area contributed by atoms with Crippen LogP contribution in [0.5, 0.6) is 0 Å². The van der Waals surface area contributed by atoms with E-state index in [4.69, 9.17) is 17.0 Å². The third-order valence-electron chi connectivity index (χ3n) is 2.83. The van der Waals surface area contributed by atoms with Crippen LogP contribution in [0.15, 0.2) is 16.6 Å². The summed E-state index contributed by atoms with van der Waals surface area (Å²) in [5.41, 5.74) is -1.18. The van der Waals surface area contributed by atoms with Gasteiger partial charge in [0, 0.05) is 11.6 Å². The van der Waals surface area contributed by atoms with Crippen LogP contribution in [0.3, 0.4) is 0 Å². The van der Waals surface area contributed by atoms with Crippen LogP contribution < -0.4 is 5.32 Å². The van der Waals surface area contributed by atoms with Crippen LogP contribution in [0.25, 0.3) is 0 Å². The number of benzene rings is 1. The van der Waals surface area contributed by atoms with E-state index in [2.05, 4.69) is 21.2 Å². The van der Waals surface area contributed by atoms with Crippen LogP contribution in [0, 0.1) is 11.6 Å². The van der Waals surface area contributed by atoms with Crippen molar-refractivity contribution >= 4 is 33.1 Å². The van der Waals surface area contributed by atoms with E-state index >= 15 is 0 Å². The Bertz CT molecular complexity index is 514. The highest BCUT2D eigenvalue weighted by atomic mass is 79.9. The molecule has 98 valence electrons. The van der Waals surface area contributed by atoms with Gasteiger partial charge in [0.15, 0.2) is 6.29 Å². The summed E-state index contributed by atoms with van der Waals surface area (Å²) in [6.45, 7) is 1.60. The zero-order chi connectivity index (χ0) is 13.5. The maximum Gasteiger partial charge on any atom is 0.182 e. The van der Waals surface area contributed by atoms with Crippen LogP contribution in [-0.4, -0.2) is 23.0 Å². The molecule has 0 bridgehead atoms. The molecule has 1 heterocycles. The van der Waals surface area contributed by atoms with Crippen LogP contribution in [0.1, 0.15) is 12.5 Å². The predicted octanol–water partition coefficient (Wildman–Crippen LogP) is 2.21. The molecular formula is C11H10BrF2NO2S. The molecule has 0 aromatic heterocycles. The van der Waals surface area contributed by atoms with Crippen molar-refractivity contribution in [3.8, 4) is 0 Å². The summed E-state index contributed by atoms with van der Waals surface area (Å²) >= 11 is 7.94. The highest BCUT2D eigenvalue weighted by molar-refractivity contribution is 9.10. The average molecular weight is 338 g/mol. The van der Waals surface area contributed by atoms with Gasteiger partial charge in [0.2, 0.25) is 0 Å². The molecule has 0 aliphatic carbocycles. The van der Waals surface area contributed by atoms with E-state index in [9.17, 15) is 13.9 Å². The molecule has 0 amide bonds. The van der Waals surface area contributed by atoms with Crippen LogP contribution in [0.4, 0.5) is 8.78 Å². The van der Waals surface area contributed by atoms with Crippen LogP contribution >= 0.6 is 28.1 Å². The Labute approximate surface area is 116 Å². The fourth-order valence-electron chi connectivity index (χ4n) is 1.83. The molecule has 1 saturated heterocycles. The molecule has 1 aliphatic rings. The molecule has 1 fully saturated rings. The van der Waals surface area contributed by atoms with E-state index < -0.39 is 23.5 Å². The van der Waals surface area contributed by atoms with Crippen molar-refractivity contribution in [2.45, 2.75) is 18.8 Å². The molecule has 1 aromatic carbocycles. The third kappa shape index (κ3) is 2.27. The highest BCUT2D eigenvalue weighted by Crippen LogP contribution is 2.33. The van der Waals surface area contributed by atoms with Crippen molar-refractivity contribution in [3.63, 3.8) is 0 Å². The second-order valence-corrected chi connectivity index (χ2v) is 5.51. The lowest BCUT2D eigenvalue weighted by atomic mass is 9.89. The Kier molecular flexibility index (Phi) is 3.68. The Hall–Kier alpha value is -0.630. The van der Waals surface area contributed by atoms with Crippen molar-refractivity contribution in [2.24, 2.45) is 0 Å². The smallest absolute Gasteiger partial charge is 0.182 e. The van der Waals surface area contributed by atoms with E-state index in [-0.39, 0.29) is 16.6 Å². The van der Waals surface area contributed by atoms with E-state index in [0.717, 1.165) is 6.07 Å². The van der Waals surface area contributed by atoms with Gasteiger partial charge in [-0.2, -0.15) is 0 Å². The molecule has 2 rings (SSSR count). The normalized spacial score (nSPS) is 28.1. The third-order valence-corrected chi connectivity index (χ3v) is 3.66. The van der Waals surface area contributed by atoms with Gasteiger partial charge in [-0.15, -0.1) is 0 Å². The molecule has 0 saturated carbocycles. The minimum absolute atomic E-state index is 0.0655. The van der Waals surface area contributed by atoms with E-state index in [1.54, 1.807) is 0 Å². The van der Waals surface area contributed by atoms with Crippen LogP contribution in [-0.2, 0) is 10.3 Å². The minimum atomic E-state index is -1.28. The molecular weight excluding hydrogens is 328 g/mol. The molecule has 2 N–H and O–H groups in total. The number of hydrogen-bond acceptors (Lipinski definition) is 3. The molecule has 1 aromatic rings. The zero-order valence-corrected chi connectivity index (χ0v) is 11.7. The summed E-state index contributed by atoms with van der Waals surface area (Å²) < 4.78 is 32.2. The number of ether oxygens (including phenoxy) is 1. The summed E-state index contributed by atoms with van der Waals surface area (Å²) in [7, 11) is 0. The first-order valence-corrected chi connectivity index (χ1v) is 6.30. The fraction of sp³-hybridized carbons (Fsp3) is 0.364. The van der Waals surface area contributed by atoms with Crippen molar-refractivity contribution in [3.05, 3.63) is 33.8 Å². The molecule has 0 radical (unpaired) electrons.